The summed E-state index contributed by atoms with van der Waals surface area (Å²) in [6.07, 6.45) is 2.98. The molecule has 3 heterocycles. The predicted molar refractivity (Wildman–Crippen MR) is 101 cm³/mol. The summed E-state index contributed by atoms with van der Waals surface area (Å²) in [5.41, 5.74) is 1.43. The van der Waals surface area contributed by atoms with Gasteiger partial charge in [-0.15, -0.1) is 0 Å². The second-order valence-corrected chi connectivity index (χ2v) is 8.07. The molecule has 0 radical (unpaired) electrons. The first kappa shape index (κ1) is 17.7. The third-order valence-corrected chi connectivity index (χ3v) is 6.36. The summed E-state index contributed by atoms with van der Waals surface area (Å²) in [4.78, 5) is 28.5. The van der Waals surface area contributed by atoms with E-state index in [2.05, 4.69) is 0 Å². The number of thioether (sulfide) groups is 1. The van der Waals surface area contributed by atoms with Gasteiger partial charge >= 0.3 is 6.09 Å². The number of benzene rings is 1. The quantitative estimate of drug-likeness (QED) is 0.791. The van der Waals surface area contributed by atoms with Crippen molar-refractivity contribution in [3.8, 4) is 0 Å². The fourth-order valence-corrected chi connectivity index (χ4v) is 4.98. The van der Waals surface area contributed by atoms with Gasteiger partial charge in [0.25, 0.3) is 5.91 Å². The molecule has 0 unspecified atom stereocenters. The van der Waals surface area contributed by atoms with Crippen LogP contribution >= 0.6 is 11.8 Å². The highest BCUT2D eigenvalue weighted by atomic mass is 32.2. The van der Waals surface area contributed by atoms with Crippen molar-refractivity contribution in [2.24, 2.45) is 0 Å². The van der Waals surface area contributed by atoms with Gasteiger partial charge in [0.15, 0.2) is 0 Å². The first-order valence-corrected chi connectivity index (χ1v) is 10.4. The third-order valence-electron chi connectivity index (χ3n) is 5.22. The SMILES string of the molecule is O=C1OCCN1c1ccc(C(=O)N(C[C@H]2CCCO2)[C@@H]2CCSC2)cc1. The number of carbonyl (C=O) groups is 2. The van der Waals surface area contributed by atoms with Crippen molar-refractivity contribution in [3.63, 3.8) is 0 Å². The molecule has 2 amide bonds. The Morgan fingerprint density at radius 1 is 1.23 bits per heavy atom. The summed E-state index contributed by atoms with van der Waals surface area (Å²) in [7, 11) is 0. The number of rotatable bonds is 5. The van der Waals surface area contributed by atoms with Crippen LogP contribution in [-0.4, -0.2) is 66.9 Å². The van der Waals surface area contributed by atoms with Crippen molar-refractivity contribution in [2.75, 3.05) is 42.7 Å². The van der Waals surface area contributed by atoms with Gasteiger partial charge in [0.1, 0.15) is 6.61 Å². The molecule has 7 heteroatoms. The molecule has 1 aromatic rings. The monoisotopic (exact) mass is 376 g/mol. The Hall–Kier alpha value is -1.73. The van der Waals surface area contributed by atoms with E-state index >= 15 is 0 Å². The van der Waals surface area contributed by atoms with Gasteiger partial charge < -0.3 is 14.4 Å². The first-order chi connectivity index (χ1) is 12.7. The van der Waals surface area contributed by atoms with E-state index in [0.717, 1.165) is 43.1 Å². The summed E-state index contributed by atoms with van der Waals surface area (Å²) in [5.74, 6) is 2.16. The largest absolute Gasteiger partial charge is 0.447 e. The zero-order valence-corrected chi connectivity index (χ0v) is 15.6. The second-order valence-electron chi connectivity index (χ2n) is 6.92. The predicted octanol–water partition coefficient (Wildman–Crippen LogP) is 2.77. The lowest BCUT2D eigenvalue weighted by molar-refractivity contribution is 0.0442. The zero-order chi connectivity index (χ0) is 17.9. The summed E-state index contributed by atoms with van der Waals surface area (Å²) in [6, 6.07) is 7.56. The average molecular weight is 376 g/mol. The Bertz CT molecular complexity index is 654. The van der Waals surface area contributed by atoms with Gasteiger partial charge in [-0.25, -0.2) is 4.79 Å². The zero-order valence-electron chi connectivity index (χ0n) is 14.8. The van der Waals surface area contributed by atoms with Crippen molar-refractivity contribution in [2.45, 2.75) is 31.4 Å². The van der Waals surface area contributed by atoms with Gasteiger partial charge in [0, 0.05) is 36.2 Å². The number of hydrogen-bond acceptors (Lipinski definition) is 5. The summed E-state index contributed by atoms with van der Waals surface area (Å²) in [6.45, 7) is 2.43. The molecule has 6 nitrogen and oxygen atoms in total. The van der Waals surface area contributed by atoms with Crippen molar-refractivity contribution in [1.29, 1.82) is 0 Å². The molecule has 3 aliphatic rings. The van der Waals surface area contributed by atoms with Gasteiger partial charge in [-0.3, -0.25) is 9.69 Å². The molecule has 1 aromatic carbocycles. The molecule has 3 aliphatic heterocycles. The summed E-state index contributed by atoms with van der Waals surface area (Å²) >= 11 is 1.91. The van der Waals surface area contributed by atoms with Crippen LogP contribution in [0.3, 0.4) is 0 Å². The highest BCUT2D eigenvalue weighted by Gasteiger charge is 2.31. The molecule has 0 saturated carbocycles. The number of anilines is 1. The molecule has 140 valence electrons. The number of cyclic esters (lactones) is 1. The Labute approximate surface area is 157 Å². The highest BCUT2D eigenvalue weighted by molar-refractivity contribution is 7.99. The molecule has 0 N–H and O–H groups in total. The lowest BCUT2D eigenvalue weighted by atomic mass is 10.1. The topological polar surface area (TPSA) is 59.1 Å². The summed E-state index contributed by atoms with van der Waals surface area (Å²) in [5, 5.41) is 0. The van der Waals surface area contributed by atoms with Crippen LogP contribution in [0.5, 0.6) is 0 Å². The van der Waals surface area contributed by atoms with Crippen molar-refractivity contribution in [3.05, 3.63) is 29.8 Å². The smallest absolute Gasteiger partial charge is 0.414 e. The minimum absolute atomic E-state index is 0.0588. The van der Waals surface area contributed by atoms with Crippen LogP contribution in [0.25, 0.3) is 0 Å². The Kier molecular flexibility index (Phi) is 5.36. The van der Waals surface area contributed by atoms with E-state index in [-0.39, 0.29) is 24.1 Å². The van der Waals surface area contributed by atoms with Gasteiger partial charge in [-0.05, 0) is 49.3 Å². The lowest BCUT2D eigenvalue weighted by Gasteiger charge is -2.31. The minimum Gasteiger partial charge on any atom is -0.447 e. The molecule has 2 atom stereocenters. The third kappa shape index (κ3) is 3.69. The molecule has 0 spiro atoms. The molecular formula is C19H24N2O4S. The maximum absolute atomic E-state index is 13.2. The van der Waals surface area contributed by atoms with E-state index in [1.807, 2.05) is 40.9 Å². The van der Waals surface area contributed by atoms with Crippen LogP contribution in [0.4, 0.5) is 10.5 Å². The van der Waals surface area contributed by atoms with E-state index in [0.29, 0.717) is 25.3 Å². The molecule has 4 rings (SSSR count). The molecule has 26 heavy (non-hydrogen) atoms. The van der Waals surface area contributed by atoms with Crippen molar-refractivity contribution < 1.29 is 19.1 Å². The van der Waals surface area contributed by atoms with E-state index in [9.17, 15) is 9.59 Å². The maximum atomic E-state index is 13.2. The van der Waals surface area contributed by atoms with Gasteiger partial charge in [-0.1, -0.05) is 0 Å². The molecule has 3 fully saturated rings. The molecule has 3 saturated heterocycles. The number of ether oxygens (including phenoxy) is 2. The van der Waals surface area contributed by atoms with E-state index in [1.165, 1.54) is 0 Å². The first-order valence-electron chi connectivity index (χ1n) is 9.27. The number of amides is 2. The van der Waals surface area contributed by atoms with E-state index in [1.54, 1.807) is 4.90 Å². The van der Waals surface area contributed by atoms with Gasteiger partial charge in [0.2, 0.25) is 0 Å². The minimum atomic E-state index is -0.327. The standard InChI is InChI=1S/C19H24N2O4S/c22-18(14-3-5-15(6-4-14)20-8-10-25-19(20)23)21(16-7-11-26-13-16)12-17-2-1-9-24-17/h3-6,16-17H,1-2,7-13H2/t16-,17-/m1/s1. The lowest BCUT2D eigenvalue weighted by Crippen LogP contribution is -2.44. The molecular weight excluding hydrogens is 352 g/mol. The molecule has 0 bridgehead atoms. The van der Waals surface area contributed by atoms with E-state index in [4.69, 9.17) is 9.47 Å². The van der Waals surface area contributed by atoms with E-state index < -0.39 is 0 Å². The Balaban J connectivity index is 1.49. The van der Waals surface area contributed by atoms with Crippen LogP contribution < -0.4 is 4.90 Å². The molecule has 0 aromatic heterocycles. The van der Waals surface area contributed by atoms with Gasteiger partial charge in [-0.2, -0.15) is 11.8 Å². The van der Waals surface area contributed by atoms with Gasteiger partial charge in [0.05, 0.1) is 12.6 Å². The van der Waals surface area contributed by atoms with Crippen LogP contribution in [0.2, 0.25) is 0 Å². The van der Waals surface area contributed by atoms with Crippen LogP contribution in [0.1, 0.15) is 29.6 Å². The Morgan fingerprint density at radius 3 is 2.69 bits per heavy atom. The van der Waals surface area contributed by atoms with Crippen molar-refractivity contribution >= 4 is 29.4 Å². The van der Waals surface area contributed by atoms with Crippen LogP contribution in [0.15, 0.2) is 24.3 Å². The number of carbonyl (C=O) groups excluding carboxylic acids is 2. The average Bonchev–Trinajstić information content (AvgIpc) is 3.42. The van der Waals surface area contributed by atoms with Crippen molar-refractivity contribution in [1.82, 2.24) is 4.90 Å². The highest BCUT2D eigenvalue weighted by Crippen LogP contribution is 2.27. The van der Waals surface area contributed by atoms with Crippen LogP contribution in [-0.2, 0) is 9.47 Å². The summed E-state index contributed by atoms with van der Waals surface area (Å²) < 4.78 is 10.7. The normalized spacial score (nSPS) is 25.5. The van der Waals surface area contributed by atoms with Crippen LogP contribution in [0, 0.1) is 0 Å². The second kappa shape index (κ2) is 7.88. The number of nitrogens with zero attached hydrogens (tertiary/aromatic N) is 2. The fourth-order valence-electron chi connectivity index (χ4n) is 3.75. The maximum Gasteiger partial charge on any atom is 0.414 e. The molecule has 0 aliphatic carbocycles. The fraction of sp³-hybridized carbons (Fsp3) is 0.579. The number of hydrogen-bond donors (Lipinski definition) is 0. The Morgan fingerprint density at radius 2 is 2.08 bits per heavy atom.